The van der Waals surface area contributed by atoms with Gasteiger partial charge in [-0.3, -0.25) is 4.79 Å². The second kappa shape index (κ2) is 9.49. The fraction of sp³-hybridized carbons (Fsp3) is 0.458. The van der Waals surface area contributed by atoms with Crippen molar-refractivity contribution >= 4 is 23.0 Å². The maximum absolute atomic E-state index is 12.8. The number of ether oxygens (including phenoxy) is 2. The molecule has 0 unspecified atom stereocenters. The van der Waals surface area contributed by atoms with E-state index in [0.29, 0.717) is 19.6 Å². The van der Waals surface area contributed by atoms with Crippen LogP contribution in [-0.4, -0.2) is 58.5 Å². The first kappa shape index (κ1) is 20.7. The molecule has 6 nitrogen and oxygen atoms in total. The number of aryl methyl sites for hydroxylation is 2. The average Bonchev–Trinajstić information content (AvgIpc) is 2.78. The molecule has 2 aromatic rings. The van der Waals surface area contributed by atoms with Gasteiger partial charge in [-0.25, -0.2) is 0 Å². The van der Waals surface area contributed by atoms with Gasteiger partial charge in [0.15, 0.2) is 0 Å². The Morgan fingerprint density at radius 2 is 1.53 bits per heavy atom. The molecule has 0 saturated carbocycles. The SMILES string of the molecule is Cc1ccc(CC(=O)Nc2ccc(N3CCOCC3)cc2N2CCOCC2)cc1C. The molecule has 6 heteroatoms. The van der Waals surface area contributed by atoms with Crippen molar-refractivity contribution in [3.63, 3.8) is 0 Å². The molecule has 0 radical (unpaired) electrons. The summed E-state index contributed by atoms with van der Waals surface area (Å²) >= 11 is 0. The largest absolute Gasteiger partial charge is 0.378 e. The minimum atomic E-state index is 0.00638. The summed E-state index contributed by atoms with van der Waals surface area (Å²) < 4.78 is 11.0. The van der Waals surface area contributed by atoms with E-state index < -0.39 is 0 Å². The van der Waals surface area contributed by atoms with E-state index in [1.54, 1.807) is 0 Å². The van der Waals surface area contributed by atoms with Crippen LogP contribution in [0.5, 0.6) is 0 Å². The summed E-state index contributed by atoms with van der Waals surface area (Å²) in [7, 11) is 0. The molecular formula is C24H31N3O3. The quantitative estimate of drug-likeness (QED) is 0.822. The first-order valence-electron chi connectivity index (χ1n) is 10.8. The topological polar surface area (TPSA) is 54.0 Å². The number of benzene rings is 2. The summed E-state index contributed by atoms with van der Waals surface area (Å²) in [6.07, 6.45) is 0.370. The number of hydrogen-bond donors (Lipinski definition) is 1. The highest BCUT2D eigenvalue weighted by Gasteiger charge is 2.19. The normalized spacial score (nSPS) is 17.1. The highest BCUT2D eigenvalue weighted by molar-refractivity contribution is 5.96. The molecule has 0 bridgehead atoms. The first-order valence-corrected chi connectivity index (χ1v) is 10.8. The van der Waals surface area contributed by atoms with Crippen LogP contribution in [0.2, 0.25) is 0 Å². The fourth-order valence-electron chi connectivity index (χ4n) is 4.00. The van der Waals surface area contributed by atoms with E-state index in [-0.39, 0.29) is 5.91 Å². The van der Waals surface area contributed by atoms with E-state index in [1.807, 2.05) is 12.1 Å². The predicted octanol–water partition coefficient (Wildman–Crippen LogP) is 3.16. The van der Waals surface area contributed by atoms with Gasteiger partial charge in [0.25, 0.3) is 0 Å². The fourth-order valence-corrected chi connectivity index (χ4v) is 4.00. The Labute approximate surface area is 178 Å². The molecule has 1 amide bonds. The van der Waals surface area contributed by atoms with E-state index in [0.717, 1.165) is 56.3 Å². The van der Waals surface area contributed by atoms with Gasteiger partial charge in [-0.15, -0.1) is 0 Å². The molecule has 160 valence electrons. The molecule has 2 heterocycles. The molecule has 1 N–H and O–H groups in total. The smallest absolute Gasteiger partial charge is 0.228 e. The van der Waals surface area contributed by atoms with Crippen molar-refractivity contribution in [2.45, 2.75) is 20.3 Å². The van der Waals surface area contributed by atoms with Gasteiger partial charge < -0.3 is 24.6 Å². The van der Waals surface area contributed by atoms with Crippen LogP contribution >= 0.6 is 0 Å². The number of hydrogen-bond acceptors (Lipinski definition) is 5. The number of nitrogens with one attached hydrogen (secondary N) is 1. The Morgan fingerprint density at radius 3 is 2.20 bits per heavy atom. The number of amides is 1. The number of nitrogens with zero attached hydrogens (tertiary/aromatic N) is 2. The molecule has 0 aliphatic carbocycles. The molecule has 30 heavy (non-hydrogen) atoms. The third-order valence-electron chi connectivity index (χ3n) is 5.92. The highest BCUT2D eigenvalue weighted by Crippen LogP contribution is 2.32. The molecule has 0 spiro atoms. The van der Waals surface area contributed by atoms with Crippen molar-refractivity contribution in [3.8, 4) is 0 Å². The van der Waals surface area contributed by atoms with Crippen LogP contribution in [0.1, 0.15) is 16.7 Å². The van der Waals surface area contributed by atoms with Crippen molar-refractivity contribution in [3.05, 3.63) is 53.1 Å². The zero-order valence-corrected chi connectivity index (χ0v) is 17.9. The summed E-state index contributed by atoms with van der Waals surface area (Å²) in [5.41, 5.74) is 6.59. The highest BCUT2D eigenvalue weighted by atomic mass is 16.5. The molecule has 2 aromatic carbocycles. The minimum Gasteiger partial charge on any atom is -0.378 e. The molecule has 0 atom stereocenters. The van der Waals surface area contributed by atoms with E-state index in [4.69, 9.17) is 9.47 Å². The van der Waals surface area contributed by atoms with Gasteiger partial charge >= 0.3 is 0 Å². The zero-order valence-electron chi connectivity index (χ0n) is 17.9. The first-order chi connectivity index (χ1) is 14.6. The Hall–Kier alpha value is -2.57. The monoisotopic (exact) mass is 409 g/mol. The maximum atomic E-state index is 12.8. The molecule has 4 rings (SSSR count). The zero-order chi connectivity index (χ0) is 20.9. The lowest BCUT2D eigenvalue weighted by Gasteiger charge is -2.33. The van der Waals surface area contributed by atoms with Crippen LogP contribution < -0.4 is 15.1 Å². The summed E-state index contributed by atoms with van der Waals surface area (Å²) in [5, 5.41) is 3.16. The van der Waals surface area contributed by atoms with Gasteiger partial charge in [0.2, 0.25) is 5.91 Å². The third-order valence-corrected chi connectivity index (χ3v) is 5.92. The van der Waals surface area contributed by atoms with Crippen molar-refractivity contribution in [2.75, 3.05) is 67.7 Å². The van der Waals surface area contributed by atoms with E-state index in [9.17, 15) is 4.79 Å². The van der Waals surface area contributed by atoms with E-state index >= 15 is 0 Å². The summed E-state index contributed by atoms with van der Waals surface area (Å²) in [6, 6.07) is 12.5. The third kappa shape index (κ3) is 4.94. The average molecular weight is 410 g/mol. The lowest BCUT2D eigenvalue weighted by atomic mass is 10.0. The number of rotatable bonds is 5. The molecule has 2 saturated heterocycles. The van der Waals surface area contributed by atoms with Crippen LogP contribution in [0.3, 0.4) is 0 Å². The summed E-state index contributed by atoms with van der Waals surface area (Å²) in [5.74, 6) is 0.00638. The second-order valence-corrected chi connectivity index (χ2v) is 8.04. The Kier molecular flexibility index (Phi) is 6.55. The molecule has 2 aliphatic heterocycles. The summed E-state index contributed by atoms with van der Waals surface area (Å²) in [6.45, 7) is 10.5. The van der Waals surface area contributed by atoms with Crippen LogP contribution in [0.4, 0.5) is 17.1 Å². The van der Waals surface area contributed by atoms with Crippen LogP contribution in [0.15, 0.2) is 36.4 Å². The van der Waals surface area contributed by atoms with Gasteiger partial charge in [-0.05, 0) is 48.7 Å². The Bertz CT molecular complexity index is 887. The molecule has 2 aliphatic rings. The van der Waals surface area contributed by atoms with Gasteiger partial charge in [-0.2, -0.15) is 0 Å². The second-order valence-electron chi connectivity index (χ2n) is 8.04. The number of carbonyl (C=O) groups is 1. The van der Waals surface area contributed by atoms with Crippen LogP contribution in [0, 0.1) is 13.8 Å². The van der Waals surface area contributed by atoms with Crippen molar-refractivity contribution in [2.24, 2.45) is 0 Å². The van der Waals surface area contributed by atoms with Crippen molar-refractivity contribution in [1.29, 1.82) is 0 Å². The Balaban J connectivity index is 1.54. The van der Waals surface area contributed by atoms with Crippen LogP contribution in [0.25, 0.3) is 0 Å². The number of morpholine rings is 2. The van der Waals surface area contributed by atoms with E-state index in [2.05, 4.69) is 53.2 Å². The molecule has 0 aromatic heterocycles. The molecular weight excluding hydrogens is 378 g/mol. The molecule has 2 fully saturated rings. The predicted molar refractivity (Wildman–Crippen MR) is 121 cm³/mol. The lowest BCUT2D eigenvalue weighted by Crippen LogP contribution is -2.38. The number of carbonyl (C=O) groups excluding carboxylic acids is 1. The van der Waals surface area contributed by atoms with Crippen LogP contribution in [-0.2, 0) is 20.7 Å². The maximum Gasteiger partial charge on any atom is 0.228 e. The van der Waals surface area contributed by atoms with Gasteiger partial charge in [-0.1, -0.05) is 18.2 Å². The standard InChI is InChI=1S/C24H31N3O3/c1-18-3-4-20(15-19(18)2)16-24(28)25-22-6-5-21(26-7-11-29-12-8-26)17-23(22)27-9-13-30-14-10-27/h3-6,15,17H,7-14,16H2,1-2H3,(H,25,28). The lowest BCUT2D eigenvalue weighted by molar-refractivity contribution is -0.115. The number of anilines is 3. The summed E-state index contributed by atoms with van der Waals surface area (Å²) in [4.78, 5) is 17.5. The Morgan fingerprint density at radius 1 is 0.867 bits per heavy atom. The minimum absolute atomic E-state index is 0.00638. The van der Waals surface area contributed by atoms with Crippen molar-refractivity contribution < 1.29 is 14.3 Å². The van der Waals surface area contributed by atoms with Crippen molar-refractivity contribution in [1.82, 2.24) is 0 Å². The van der Waals surface area contributed by atoms with Gasteiger partial charge in [0.1, 0.15) is 0 Å². The van der Waals surface area contributed by atoms with Gasteiger partial charge in [0, 0.05) is 31.9 Å². The van der Waals surface area contributed by atoms with E-state index in [1.165, 1.54) is 16.8 Å². The van der Waals surface area contributed by atoms with Gasteiger partial charge in [0.05, 0.1) is 44.2 Å².